The molecule has 2 aromatic rings. The standard InChI is InChI=1S/C20H23BrN4O/c21-16-6-3-5-15(12-16)20(26)22-17-8-10-25(11-9-17)19-13-14-4-1-2-7-18(14)23-24-19/h3,5-6,12-13,17H,1-2,4,7-11H2,(H,22,26). The Labute approximate surface area is 162 Å². The number of piperidine rings is 1. The van der Waals surface area contributed by atoms with Crippen molar-refractivity contribution >= 4 is 27.7 Å². The number of nitrogens with zero attached hydrogens (tertiary/aromatic N) is 3. The van der Waals surface area contributed by atoms with Crippen molar-refractivity contribution in [3.63, 3.8) is 0 Å². The van der Waals surface area contributed by atoms with Crippen LogP contribution in [0.1, 0.15) is 47.3 Å². The molecular formula is C20H23BrN4O. The average molecular weight is 415 g/mol. The molecule has 1 amide bonds. The quantitative estimate of drug-likeness (QED) is 0.834. The summed E-state index contributed by atoms with van der Waals surface area (Å²) in [6.07, 6.45) is 6.52. The van der Waals surface area contributed by atoms with Crippen LogP contribution >= 0.6 is 15.9 Å². The van der Waals surface area contributed by atoms with Gasteiger partial charge in [0.2, 0.25) is 0 Å². The second kappa shape index (κ2) is 7.74. The number of amides is 1. The van der Waals surface area contributed by atoms with Gasteiger partial charge in [-0.15, -0.1) is 5.10 Å². The summed E-state index contributed by atoms with van der Waals surface area (Å²) in [7, 11) is 0. The van der Waals surface area contributed by atoms with E-state index >= 15 is 0 Å². The summed E-state index contributed by atoms with van der Waals surface area (Å²) in [5.74, 6) is 0.987. The van der Waals surface area contributed by atoms with Crippen molar-refractivity contribution in [3.8, 4) is 0 Å². The maximum absolute atomic E-state index is 12.4. The molecule has 4 rings (SSSR count). The van der Waals surface area contributed by atoms with Crippen molar-refractivity contribution in [3.05, 3.63) is 51.6 Å². The van der Waals surface area contributed by atoms with Gasteiger partial charge in [-0.3, -0.25) is 4.79 Å². The summed E-state index contributed by atoms with van der Waals surface area (Å²) >= 11 is 3.42. The lowest BCUT2D eigenvalue weighted by atomic mass is 9.96. The number of rotatable bonds is 3. The molecule has 2 heterocycles. The Balaban J connectivity index is 1.35. The summed E-state index contributed by atoms with van der Waals surface area (Å²) in [6, 6.07) is 9.95. The molecule has 136 valence electrons. The topological polar surface area (TPSA) is 58.1 Å². The molecule has 1 N–H and O–H groups in total. The fourth-order valence-corrected chi connectivity index (χ4v) is 4.18. The largest absolute Gasteiger partial charge is 0.355 e. The van der Waals surface area contributed by atoms with Gasteiger partial charge < -0.3 is 10.2 Å². The third-order valence-electron chi connectivity index (χ3n) is 5.30. The van der Waals surface area contributed by atoms with Crippen LogP contribution in [0.4, 0.5) is 5.82 Å². The minimum atomic E-state index is -0.00155. The van der Waals surface area contributed by atoms with E-state index in [4.69, 9.17) is 0 Å². The van der Waals surface area contributed by atoms with Crippen LogP contribution in [0.3, 0.4) is 0 Å². The van der Waals surface area contributed by atoms with Crippen molar-refractivity contribution in [2.24, 2.45) is 0 Å². The van der Waals surface area contributed by atoms with Crippen molar-refractivity contribution in [1.82, 2.24) is 15.5 Å². The lowest BCUT2D eigenvalue weighted by Gasteiger charge is -2.33. The Morgan fingerprint density at radius 1 is 1.12 bits per heavy atom. The minimum absolute atomic E-state index is 0.00155. The van der Waals surface area contributed by atoms with Crippen molar-refractivity contribution < 1.29 is 4.79 Å². The molecule has 0 atom stereocenters. The number of hydrogen-bond donors (Lipinski definition) is 1. The second-order valence-electron chi connectivity index (χ2n) is 7.13. The molecule has 0 saturated carbocycles. The number of benzene rings is 1. The first-order valence-corrected chi connectivity index (χ1v) is 10.2. The number of hydrogen-bond acceptors (Lipinski definition) is 4. The lowest BCUT2D eigenvalue weighted by Crippen LogP contribution is -2.45. The summed E-state index contributed by atoms with van der Waals surface area (Å²) in [4.78, 5) is 14.7. The van der Waals surface area contributed by atoms with E-state index in [1.54, 1.807) is 0 Å². The highest BCUT2D eigenvalue weighted by Crippen LogP contribution is 2.24. The Hall–Kier alpha value is -1.95. The predicted molar refractivity (Wildman–Crippen MR) is 106 cm³/mol. The molecule has 1 fully saturated rings. The van der Waals surface area contributed by atoms with E-state index in [1.807, 2.05) is 24.3 Å². The fraction of sp³-hybridized carbons (Fsp3) is 0.450. The zero-order chi connectivity index (χ0) is 17.9. The smallest absolute Gasteiger partial charge is 0.251 e. The molecule has 26 heavy (non-hydrogen) atoms. The molecule has 6 heteroatoms. The highest BCUT2D eigenvalue weighted by molar-refractivity contribution is 9.10. The van der Waals surface area contributed by atoms with E-state index < -0.39 is 0 Å². The summed E-state index contributed by atoms with van der Waals surface area (Å²) in [5.41, 5.74) is 3.24. The summed E-state index contributed by atoms with van der Waals surface area (Å²) < 4.78 is 0.922. The molecule has 1 aromatic heterocycles. The van der Waals surface area contributed by atoms with Gasteiger partial charge >= 0.3 is 0 Å². The van der Waals surface area contributed by atoms with E-state index in [1.165, 1.54) is 24.1 Å². The SMILES string of the molecule is O=C(NC1CCN(c2cc3c(nn2)CCCC3)CC1)c1cccc(Br)c1. The molecule has 1 aliphatic heterocycles. The van der Waals surface area contributed by atoms with Gasteiger partial charge in [-0.05, 0) is 68.4 Å². The molecule has 0 spiro atoms. The normalized spacial score (nSPS) is 17.7. The van der Waals surface area contributed by atoms with Crippen LogP contribution in [0.2, 0.25) is 0 Å². The number of nitrogens with one attached hydrogen (secondary N) is 1. The molecule has 1 saturated heterocycles. The van der Waals surface area contributed by atoms with Crippen LogP contribution in [0.5, 0.6) is 0 Å². The molecule has 5 nitrogen and oxygen atoms in total. The van der Waals surface area contributed by atoms with Crippen molar-refractivity contribution in [2.75, 3.05) is 18.0 Å². The number of carbonyl (C=O) groups is 1. The van der Waals surface area contributed by atoms with Crippen LogP contribution in [0.15, 0.2) is 34.8 Å². The van der Waals surface area contributed by atoms with Crippen LogP contribution in [0.25, 0.3) is 0 Å². The zero-order valence-corrected chi connectivity index (χ0v) is 16.3. The lowest BCUT2D eigenvalue weighted by molar-refractivity contribution is 0.0931. The predicted octanol–water partition coefficient (Wildman–Crippen LogP) is 3.52. The molecule has 1 aromatic carbocycles. The number of fused-ring (bicyclic) bond motifs is 1. The molecule has 0 radical (unpaired) electrons. The van der Waals surface area contributed by atoms with Crippen LogP contribution in [0, 0.1) is 0 Å². The summed E-state index contributed by atoms with van der Waals surface area (Å²) in [5, 5.41) is 12.0. The number of anilines is 1. The Morgan fingerprint density at radius 3 is 2.73 bits per heavy atom. The van der Waals surface area contributed by atoms with E-state index in [0.717, 1.165) is 49.1 Å². The van der Waals surface area contributed by atoms with E-state index in [2.05, 4.69) is 42.4 Å². The first kappa shape index (κ1) is 17.5. The maximum atomic E-state index is 12.4. The third kappa shape index (κ3) is 3.90. The second-order valence-corrected chi connectivity index (χ2v) is 8.04. The number of aromatic nitrogens is 2. The van der Waals surface area contributed by atoms with Gasteiger partial charge in [0, 0.05) is 29.2 Å². The first-order chi connectivity index (χ1) is 12.7. The number of halogens is 1. The maximum Gasteiger partial charge on any atom is 0.251 e. The van der Waals surface area contributed by atoms with Crippen LogP contribution in [-0.4, -0.2) is 35.2 Å². The van der Waals surface area contributed by atoms with Gasteiger partial charge in [-0.2, -0.15) is 5.10 Å². The Morgan fingerprint density at radius 2 is 1.92 bits per heavy atom. The molecular weight excluding hydrogens is 392 g/mol. The number of aryl methyl sites for hydroxylation is 2. The average Bonchev–Trinajstić information content (AvgIpc) is 2.68. The van der Waals surface area contributed by atoms with E-state index in [9.17, 15) is 4.79 Å². The molecule has 1 aliphatic carbocycles. The highest BCUT2D eigenvalue weighted by atomic mass is 79.9. The summed E-state index contributed by atoms with van der Waals surface area (Å²) in [6.45, 7) is 1.80. The van der Waals surface area contributed by atoms with E-state index in [-0.39, 0.29) is 11.9 Å². The van der Waals surface area contributed by atoms with Gasteiger partial charge in [0.1, 0.15) is 0 Å². The van der Waals surface area contributed by atoms with Gasteiger partial charge in [-0.1, -0.05) is 22.0 Å². The monoisotopic (exact) mass is 414 g/mol. The number of carbonyl (C=O) groups excluding carboxylic acids is 1. The fourth-order valence-electron chi connectivity index (χ4n) is 3.78. The van der Waals surface area contributed by atoms with Crippen molar-refractivity contribution in [1.29, 1.82) is 0 Å². The van der Waals surface area contributed by atoms with Gasteiger partial charge in [0.25, 0.3) is 5.91 Å². The highest BCUT2D eigenvalue weighted by Gasteiger charge is 2.23. The third-order valence-corrected chi connectivity index (χ3v) is 5.79. The first-order valence-electron chi connectivity index (χ1n) is 9.36. The molecule has 0 unspecified atom stereocenters. The van der Waals surface area contributed by atoms with Gasteiger partial charge in [0.15, 0.2) is 5.82 Å². The van der Waals surface area contributed by atoms with Gasteiger partial charge in [-0.25, -0.2) is 0 Å². The van der Waals surface area contributed by atoms with Gasteiger partial charge in [0.05, 0.1) is 5.69 Å². The van der Waals surface area contributed by atoms with E-state index in [0.29, 0.717) is 5.56 Å². The molecule has 0 bridgehead atoms. The Bertz CT molecular complexity index is 802. The van der Waals surface area contributed by atoms with Crippen LogP contribution in [-0.2, 0) is 12.8 Å². The molecule has 2 aliphatic rings. The Kier molecular flexibility index (Phi) is 5.20. The minimum Gasteiger partial charge on any atom is -0.355 e. The zero-order valence-electron chi connectivity index (χ0n) is 14.7. The van der Waals surface area contributed by atoms with Crippen LogP contribution < -0.4 is 10.2 Å². The van der Waals surface area contributed by atoms with Crippen molar-refractivity contribution in [2.45, 2.75) is 44.6 Å².